The van der Waals surface area contributed by atoms with Gasteiger partial charge >= 0.3 is 0 Å². The van der Waals surface area contributed by atoms with Crippen LogP contribution in [0.4, 0.5) is 24.7 Å². The van der Waals surface area contributed by atoms with E-state index in [1.54, 1.807) is 0 Å². The number of hydrogen-bond acceptors (Lipinski definition) is 3. The molecule has 1 heterocycles. The Labute approximate surface area is 118 Å². The van der Waals surface area contributed by atoms with E-state index in [1.807, 2.05) is 13.8 Å². The molecule has 7 heteroatoms. The SMILES string of the molecule is CC(C)c1nc(Cl)cc(Nc2cc(F)c(F)c(F)c2)n1. The minimum atomic E-state index is -1.51. The molecule has 1 aromatic carbocycles. The Hall–Kier alpha value is -1.82. The number of benzene rings is 1. The number of hydrogen-bond donors (Lipinski definition) is 1. The highest BCUT2D eigenvalue weighted by Crippen LogP contribution is 2.23. The summed E-state index contributed by atoms with van der Waals surface area (Å²) in [7, 11) is 0. The Morgan fingerprint density at radius 2 is 1.65 bits per heavy atom. The smallest absolute Gasteiger partial charge is 0.194 e. The van der Waals surface area contributed by atoms with E-state index in [1.165, 1.54) is 6.07 Å². The molecule has 0 aliphatic heterocycles. The molecule has 3 nitrogen and oxygen atoms in total. The van der Waals surface area contributed by atoms with Gasteiger partial charge in [0.05, 0.1) is 0 Å². The second-order valence-electron chi connectivity index (χ2n) is 4.47. The maximum atomic E-state index is 13.1. The molecule has 1 aromatic heterocycles. The first-order valence-corrected chi connectivity index (χ1v) is 6.20. The lowest BCUT2D eigenvalue weighted by molar-refractivity contribution is 0.448. The van der Waals surface area contributed by atoms with Gasteiger partial charge in [0.15, 0.2) is 17.5 Å². The third-order valence-corrected chi connectivity index (χ3v) is 2.68. The van der Waals surface area contributed by atoms with Crippen LogP contribution in [0.25, 0.3) is 0 Å². The molecule has 2 rings (SSSR count). The Balaban J connectivity index is 2.35. The molecule has 106 valence electrons. The van der Waals surface area contributed by atoms with Gasteiger partial charge in [-0.1, -0.05) is 25.4 Å². The number of rotatable bonds is 3. The molecule has 20 heavy (non-hydrogen) atoms. The summed E-state index contributed by atoms with van der Waals surface area (Å²) in [6, 6.07) is 3.08. The van der Waals surface area contributed by atoms with Crippen molar-refractivity contribution in [2.75, 3.05) is 5.32 Å². The number of aromatic nitrogens is 2. The summed E-state index contributed by atoms with van der Waals surface area (Å²) in [4.78, 5) is 8.20. The Bertz CT molecular complexity index is 624. The lowest BCUT2D eigenvalue weighted by Gasteiger charge is -2.10. The van der Waals surface area contributed by atoms with Crippen molar-refractivity contribution in [3.8, 4) is 0 Å². The lowest BCUT2D eigenvalue weighted by atomic mass is 10.2. The Morgan fingerprint density at radius 1 is 1.05 bits per heavy atom. The first-order chi connectivity index (χ1) is 9.36. The fraction of sp³-hybridized carbons (Fsp3) is 0.231. The molecule has 0 unspecified atom stereocenters. The summed E-state index contributed by atoms with van der Waals surface area (Å²) >= 11 is 5.85. The molecule has 0 saturated heterocycles. The van der Waals surface area contributed by atoms with E-state index in [2.05, 4.69) is 15.3 Å². The van der Waals surface area contributed by atoms with Gasteiger partial charge in [-0.05, 0) is 0 Å². The number of nitrogens with one attached hydrogen (secondary N) is 1. The molecule has 0 bridgehead atoms. The highest BCUT2D eigenvalue weighted by atomic mass is 35.5. The fourth-order valence-corrected chi connectivity index (χ4v) is 1.72. The highest BCUT2D eigenvalue weighted by molar-refractivity contribution is 6.29. The van der Waals surface area contributed by atoms with Crippen LogP contribution in [0.3, 0.4) is 0 Å². The molecule has 0 fully saturated rings. The van der Waals surface area contributed by atoms with Crippen LogP contribution in [0, 0.1) is 17.5 Å². The average Bonchev–Trinajstić information content (AvgIpc) is 2.35. The molecular weight excluding hydrogens is 291 g/mol. The van der Waals surface area contributed by atoms with Crippen molar-refractivity contribution in [2.24, 2.45) is 0 Å². The molecular formula is C13H11ClF3N3. The van der Waals surface area contributed by atoms with Gasteiger partial charge in [-0.15, -0.1) is 0 Å². The van der Waals surface area contributed by atoms with Crippen LogP contribution in [0.15, 0.2) is 18.2 Å². The zero-order valence-corrected chi connectivity index (χ0v) is 11.5. The van der Waals surface area contributed by atoms with Gasteiger partial charge in [-0.3, -0.25) is 0 Å². The molecule has 0 atom stereocenters. The molecule has 0 spiro atoms. The summed E-state index contributed by atoms with van der Waals surface area (Å²) < 4.78 is 39.1. The maximum absolute atomic E-state index is 13.1. The van der Waals surface area contributed by atoms with Gasteiger partial charge < -0.3 is 5.32 Å². The van der Waals surface area contributed by atoms with E-state index in [0.29, 0.717) is 5.82 Å². The van der Waals surface area contributed by atoms with E-state index in [-0.39, 0.29) is 22.6 Å². The quantitative estimate of drug-likeness (QED) is 0.674. The molecule has 0 saturated carbocycles. The molecule has 1 N–H and O–H groups in total. The minimum Gasteiger partial charge on any atom is -0.340 e. The molecule has 2 aromatic rings. The van der Waals surface area contributed by atoms with E-state index in [4.69, 9.17) is 11.6 Å². The van der Waals surface area contributed by atoms with E-state index in [0.717, 1.165) is 12.1 Å². The van der Waals surface area contributed by atoms with Crippen LogP contribution in [0.5, 0.6) is 0 Å². The monoisotopic (exact) mass is 301 g/mol. The first kappa shape index (κ1) is 14.6. The zero-order valence-electron chi connectivity index (χ0n) is 10.7. The van der Waals surface area contributed by atoms with Gasteiger partial charge in [-0.25, -0.2) is 23.1 Å². The van der Waals surface area contributed by atoms with Gasteiger partial charge in [0.25, 0.3) is 0 Å². The Morgan fingerprint density at radius 3 is 2.20 bits per heavy atom. The van der Waals surface area contributed by atoms with E-state index >= 15 is 0 Å². The summed E-state index contributed by atoms with van der Waals surface area (Å²) in [6.07, 6.45) is 0. The molecule has 0 aliphatic rings. The normalized spacial score (nSPS) is 10.9. The zero-order chi connectivity index (χ0) is 14.9. The van der Waals surface area contributed by atoms with Gasteiger partial charge in [0.2, 0.25) is 0 Å². The predicted octanol–water partition coefficient (Wildman–Crippen LogP) is 4.41. The average molecular weight is 302 g/mol. The van der Waals surface area contributed by atoms with Crippen LogP contribution in [0.2, 0.25) is 5.15 Å². The summed E-state index contributed by atoms with van der Waals surface area (Å²) in [6.45, 7) is 3.76. The second kappa shape index (κ2) is 5.66. The molecule has 0 radical (unpaired) electrons. The first-order valence-electron chi connectivity index (χ1n) is 5.83. The van der Waals surface area contributed by atoms with Crippen LogP contribution in [-0.2, 0) is 0 Å². The van der Waals surface area contributed by atoms with Crippen molar-refractivity contribution in [3.63, 3.8) is 0 Å². The maximum Gasteiger partial charge on any atom is 0.194 e. The van der Waals surface area contributed by atoms with E-state index < -0.39 is 17.5 Å². The topological polar surface area (TPSA) is 37.8 Å². The molecule has 0 aliphatic carbocycles. The van der Waals surface area contributed by atoms with Crippen molar-refractivity contribution in [1.29, 1.82) is 0 Å². The second-order valence-corrected chi connectivity index (χ2v) is 4.85. The third kappa shape index (κ3) is 3.19. The van der Waals surface area contributed by atoms with Crippen molar-refractivity contribution in [1.82, 2.24) is 9.97 Å². The fourth-order valence-electron chi connectivity index (χ4n) is 1.53. The number of anilines is 2. The standard InChI is InChI=1S/C13H11ClF3N3/c1-6(2)13-19-10(14)5-11(20-13)18-7-3-8(15)12(17)9(16)4-7/h3-6H,1-2H3,(H,18,19,20). The van der Waals surface area contributed by atoms with Crippen LogP contribution < -0.4 is 5.32 Å². The lowest BCUT2D eigenvalue weighted by Crippen LogP contribution is -2.03. The van der Waals surface area contributed by atoms with Crippen LogP contribution in [-0.4, -0.2) is 9.97 Å². The van der Waals surface area contributed by atoms with Crippen molar-refractivity contribution in [3.05, 3.63) is 46.6 Å². The third-order valence-electron chi connectivity index (χ3n) is 2.48. The number of halogens is 4. The summed E-state index contributed by atoms with van der Waals surface area (Å²) in [5.74, 6) is -3.27. The van der Waals surface area contributed by atoms with E-state index in [9.17, 15) is 13.2 Å². The van der Waals surface area contributed by atoms with Gasteiger partial charge in [-0.2, -0.15) is 0 Å². The van der Waals surface area contributed by atoms with Gasteiger partial charge in [0, 0.05) is 29.8 Å². The summed E-state index contributed by atoms with van der Waals surface area (Å²) in [5.41, 5.74) is 0.0332. The highest BCUT2D eigenvalue weighted by Gasteiger charge is 2.12. The Kier molecular flexibility index (Phi) is 4.13. The van der Waals surface area contributed by atoms with Crippen molar-refractivity contribution >= 4 is 23.1 Å². The van der Waals surface area contributed by atoms with Crippen LogP contribution in [0.1, 0.15) is 25.6 Å². The minimum absolute atomic E-state index is 0.0332. The summed E-state index contributed by atoms with van der Waals surface area (Å²) in [5, 5.41) is 2.87. The number of nitrogens with zero attached hydrogens (tertiary/aromatic N) is 2. The van der Waals surface area contributed by atoms with Crippen molar-refractivity contribution in [2.45, 2.75) is 19.8 Å². The van der Waals surface area contributed by atoms with Crippen molar-refractivity contribution < 1.29 is 13.2 Å². The van der Waals surface area contributed by atoms with Gasteiger partial charge in [0.1, 0.15) is 16.8 Å². The van der Waals surface area contributed by atoms with Crippen LogP contribution >= 0.6 is 11.6 Å². The predicted molar refractivity (Wildman–Crippen MR) is 70.7 cm³/mol. The molecule has 0 amide bonds. The largest absolute Gasteiger partial charge is 0.340 e.